The van der Waals surface area contributed by atoms with E-state index in [2.05, 4.69) is 93.4 Å². The van der Waals surface area contributed by atoms with Crippen LogP contribution >= 0.6 is 12.6 Å². The predicted molar refractivity (Wildman–Crippen MR) is 284 cm³/mol. The van der Waals surface area contributed by atoms with Crippen molar-refractivity contribution < 1.29 is 38.0 Å². The molecule has 0 aliphatic carbocycles. The largest absolute Gasteiger partial charge is 0.493 e. The molecular formula is C54H78N8O8S. The number of ether oxygens (including phenoxy) is 7. The van der Waals surface area contributed by atoms with Gasteiger partial charge in [0.2, 0.25) is 0 Å². The van der Waals surface area contributed by atoms with Crippen LogP contribution in [-0.4, -0.2) is 185 Å². The first-order valence-corrected chi connectivity index (χ1v) is 25.6. The molecule has 4 aliphatic rings. The topological polar surface area (TPSA) is 135 Å². The standard InChI is InChI=1S/C54H78N8O8S/c1-10-39-11-12-61-34-40-25-49(64-8)51(29-47(40)55-31-43(61)24-39)69-35-41-26-45(68-20-17-60(14-13-58(5)6)16-19-67-22-21-66-18-15-59(7)37-54(3,4)71)27-42(57-41)36-70-52-30-48-46(28-50(52)65-9)53(63)62-33-38(2)23-44(62)32-56-48/h10,25-32,38,43-44,71H,11-24,33-37H2,1-9H3/b39-10-/t38?,43?,44-/m0/s1. The Bertz CT molecular complexity index is 2340. The average molecular weight is 999 g/mol. The minimum absolute atomic E-state index is 0.0295. The van der Waals surface area contributed by atoms with Crippen LogP contribution in [0.3, 0.4) is 0 Å². The molecule has 7 rings (SSSR count). The van der Waals surface area contributed by atoms with Gasteiger partial charge in [-0.25, -0.2) is 0 Å². The van der Waals surface area contributed by atoms with Crippen molar-refractivity contribution in [1.82, 2.24) is 29.5 Å². The number of rotatable bonds is 26. The molecule has 16 nitrogen and oxygen atoms in total. The molecule has 2 saturated heterocycles. The SMILES string of the molecule is C/C=C1/CCN2Cc3cc(OC)c(OCc4cc(OCCN(CCOCCOCCN(C)CC(C)(C)S)CCN(C)C)cc(COc5cc6c(cc5OC)C(=O)N5CC(C)C[C@H]5C=N6)n4)cc3N=CC2C1. The number of carbonyl (C=O) groups is 1. The molecule has 0 spiro atoms. The number of hydrogen-bond acceptors (Lipinski definition) is 16. The molecule has 0 N–H and O–H groups in total. The van der Waals surface area contributed by atoms with Crippen LogP contribution in [0.1, 0.15) is 74.3 Å². The summed E-state index contributed by atoms with van der Waals surface area (Å²) in [5, 5.41) is 0. The molecule has 0 bridgehead atoms. The van der Waals surface area contributed by atoms with Crippen LogP contribution in [0.2, 0.25) is 0 Å². The molecule has 5 heterocycles. The highest BCUT2D eigenvalue weighted by atomic mass is 32.1. The zero-order valence-electron chi connectivity index (χ0n) is 43.7. The van der Waals surface area contributed by atoms with E-state index in [0.717, 1.165) is 76.3 Å². The fourth-order valence-corrected chi connectivity index (χ4v) is 9.77. The van der Waals surface area contributed by atoms with Crippen molar-refractivity contribution >= 4 is 42.3 Å². The number of fused-ring (bicyclic) bond motifs is 4. The van der Waals surface area contributed by atoms with Crippen molar-refractivity contribution in [3.05, 3.63) is 70.6 Å². The van der Waals surface area contributed by atoms with Crippen LogP contribution < -0.4 is 23.7 Å². The summed E-state index contributed by atoms with van der Waals surface area (Å²) in [5.74, 6) is 3.11. The van der Waals surface area contributed by atoms with Gasteiger partial charge in [-0.2, -0.15) is 12.6 Å². The predicted octanol–water partition coefficient (Wildman–Crippen LogP) is 7.37. The second-order valence-electron chi connectivity index (χ2n) is 20.1. The number of thiol groups is 1. The fraction of sp³-hybridized carbons (Fsp3) is 0.593. The molecule has 2 aromatic carbocycles. The van der Waals surface area contributed by atoms with Crippen molar-refractivity contribution in [2.24, 2.45) is 15.9 Å². The van der Waals surface area contributed by atoms with E-state index in [1.54, 1.807) is 26.4 Å². The molecule has 2 fully saturated rings. The number of amides is 1. The highest BCUT2D eigenvalue weighted by Gasteiger charge is 2.36. The molecule has 3 aromatic rings. The number of nitrogens with zero attached hydrogens (tertiary/aromatic N) is 8. The third-order valence-corrected chi connectivity index (χ3v) is 13.4. The van der Waals surface area contributed by atoms with E-state index in [4.69, 9.17) is 48.1 Å². The van der Waals surface area contributed by atoms with Crippen LogP contribution in [0.4, 0.5) is 11.4 Å². The van der Waals surface area contributed by atoms with E-state index < -0.39 is 0 Å². The Morgan fingerprint density at radius 1 is 0.775 bits per heavy atom. The lowest BCUT2D eigenvalue weighted by Gasteiger charge is -2.33. The summed E-state index contributed by atoms with van der Waals surface area (Å²) in [7, 11) is 9.49. The number of likely N-dealkylation sites (N-methyl/N-ethyl adjacent to an activating group) is 2. The quantitative estimate of drug-likeness (QED) is 0.0488. The molecular weight excluding hydrogens is 921 g/mol. The maximum absolute atomic E-state index is 13.7. The van der Waals surface area contributed by atoms with Crippen LogP contribution in [-0.2, 0) is 29.2 Å². The third kappa shape index (κ3) is 15.6. The van der Waals surface area contributed by atoms with Crippen molar-refractivity contribution in [3.63, 3.8) is 0 Å². The first-order valence-electron chi connectivity index (χ1n) is 25.2. The fourth-order valence-electron chi connectivity index (χ4n) is 9.53. The van der Waals surface area contributed by atoms with E-state index >= 15 is 0 Å². The van der Waals surface area contributed by atoms with E-state index in [9.17, 15) is 4.79 Å². The molecule has 3 atom stereocenters. The van der Waals surface area contributed by atoms with Gasteiger partial charge in [-0.05, 0) is 84.8 Å². The number of aromatic nitrogens is 1. The minimum Gasteiger partial charge on any atom is -0.493 e. The summed E-state index contributed by atoms with van der Waals surface area (Å²) < 4.78 is 43.0. The lowest BCUT2D eigenvalue weighted by atomic mass is 9.97. The lowest BCUT2D eigenvalue weighted by molar-refractivity contribution is 0.0311. The number of methoxy groups -OCH3 is 2. The summed E-state index contributed by atoms with van der Waals surface area (Å²) in [6, 6.07) is 11.6. The Kier molecular flexibility index (Phi) is 19.6. The average Bonchev–Trinajstić information content (AvgIpc) is 3.56. The van der Waals surface area contributed by atoms with Crippen LogP contribution in [0.5, 0.6) is 28.7 Å². The van der Waals surface area contributed by atoms with Gasteiger partial charge in [-0.15, -0.1) is 0 Å². The van der Waals surface area contributed by atoms with Gasteiger partial charge in [0.15, 0.2) is 23.0 Å². The van der Waals surface area contributed by atoms with Gasteiger partial charge in [0.1, 0.15) is 25.6 Å². The second kappa shape index (κ2) is 25.8. The third-order valence-electron chi connectivity index (χ3n) is 13.3. The van der Waals surface area contributed by atoms with Crippen LogP contribution in [0.25, 0.3) is 0 Å². The molecule has 1 amide bonds. The maximum atomic E-state index is 13.7. The Hall–Kier alpha value is -4.75. The van der Waals surface area contributed by atoms with Crippen molar-refractivity contribution in [3.8, 4) is 28.7 Å². The Morgan fingerprint density at radius 2 is 1.42 bits per heavy atom. The van der Waals surface area contributed by atoms with Gasteiger partial charge in [0.25, 0.3) is 5.91 Å². The Balaban J connectivity index is 1.03. The molecule has 0 radical (unpaired) electrons. The van der Waals surface area contributed by atoms with Gasteiger partial charge >= 0.3 is 0 Å². The van der Waals surface area contributed by atoms with Crippen LogP contribution in [0, 0.1) is 5.92 Å². The van der Waals surface area contributed by atoms with Gasteiger partial charge in [-0.3, -0.25) is 29.6 Å². The summed E-state index contributed by atoms with van der Waals surface area (Å²) in [6.07, 6.45) is 9.14. The number of allylic oxidation sites excluding steroid dienone is 1. The second-order valence-corrected chi connectivity index (χ2v) is 21.4. The molecule has 2 unspecified atom stereocenters. The van der Waals surface area contributed by atoms with E-state index in [1.165, 1.54) is 5.57 Å². The molecule has 0 saturated carbocycles. The van der Waals surface area contributed by atoms with E-state index in [1.807, 2.05) is 35.4 Å². The number of aliphatic imine (C=N–C) groups is 2. The molecule has 17 heteroatoms. The first kappa shape index (κ1) is 54.0. The minimum atomic E-state index is -0.0498. The normalized spacial score (nSPS) is 19.5. The van der Waals surface area contributed by atoms with Gasteiger partial charge < -0.3 is 47.9 Å². The maximum Gasteiger partial charge on any atom is 0.256 e. The monoisotopic (exact) mass is 999 g/mol. The van der Waals surface area contributed by atoms with Crippen molar-refractivity contribution in [2.45, 2.75) is 83.5 Å². The van der Waals surface area contributed by atoms with Gasteiger partial charge in [0.05, 0.1) is 75.0 Å². The molecule has 4 aliphatic heterocycles. The lowest BCUT2D eigenvalue weighted by Crippen LogP contribution is -2.40. The zero-order chi connectivity index (χ0) is 50.5. The summed E-state index contributed by atoms with van der Waals surface area (Å²) >= 11 is 4.63. The smallest absolute Gasteiger partial charge is 0.256 e. The number of benzene rings is 2. The number of piperidine rings is 1. The zero-order valence-corrected chi connectivity index (χ0v) is 44.5. The molecule has 388 valence electrons. The van der Waals surface area contributed by atoms with E-state index in [-0.39, 0.29) is 36.0 Å². The number of carbonyl (C=O) groups excluding carboxylic acids is 1. The van der Waals surface area contributed by atoms with Gasteiger partial charge in [0, 0.05) is 106 Å². The number of pyridine rings is 1. The highest BCUT2D eigenvalue weighted by molar-refractivity contribution is 7.81. The Morgan fingerprint density at radius 3 is 2.10 bits per heavy atom. The van der Waals surface area contributed by atoms with E-state index in [0.29, 0.717) is 103 Å². The van der Waals surface area contributed by atoms with Gasteiger partial charge in [-0.1, -0.05) is 18.6 Å². The molecule has 71 heavy (non-hydrogen) atoms. The summed E-state index contributed by atoms with van der Waals surface area (Å²) in [5.41, 5.74) is 5.77. The Labute approximate surface area is 427 Å². The summed E-state index contributed by atoms with van der Waals surface area (Å²) in [6.45, 7) is 18.9. The number of hydrogen-bond donors (Lipinski definition) is 1. The summed E-state index contributed by atoms with van der Waals surface area (Å²) in [4.78, 5) is 39.6. The van der Waals surface area contributed by atoms with Crippen molar-refractivity contribution in [1.29, 1.82) is 0 Å². The van der Waals surface area contributed by atoms with Crippen molar-refractivity contribution in [2.75, 3.05) is 121 Å². The first-order chi connectivity index (χ1) is 34.2. The highest BCUT2D eigenvalue weighted by Crippen LogP contribution is 2.41. The molecule has 1 aromatic heterocycles. The van der Waals surface area contributed by atoms with Crippen LogP contribution in [0.15, 0.2) is 58.0 Å².